The molecule has 0 aliphatic carbocycles. The second kappa shape index (κ2) is 7.93. The number of amides is 1. The highest BCUT2D eigenvalue weighted by molar-refractivity contribution is 6.00. The maximum atomic E-state index is 11.9. The van der Waals surface area contributed by atoms with Crippen LogP contribution in [0.3, 0.4) is 0 Å². The molecule has 0 atom stereocenters. The van der Waals surface area contributed by atoms with Gasteiger partial charge < -0.3 is 4.74 Å². The van der Waals surface area contributed by atoms with E-state index in [1.165, 1.54) is 6.20 Å². The van der Waals surface area contributed by atoms with E-state index in [4.69, 9.17) is 4.74 Å². The van der Waals surface area contributed by atoms with Crippen molar-refractivity contribution in [1.29, 1.82) is 0 Å². The van der Waals surface area contributed by atoms with Crippen LogP contribution in [-0.4, -0.2) is 23.2 Å². The summed E-state index contributed by atoms with van der Waals surface area (Å²) in [7, 11) is 0. The SMILES string of the molecule is CCCOc1ccc(/C(C)=N/NC(=O)c2cccnc2)cc1. The molecule has 1 amide bonds. The van der Waals surface area contributed by atoms with Gasteiger partial charge in [-0.1, -0.05) is 6.92 Å². The lowest BCUT2D eigenvalue weighted by molar-refractivity contribution is 0.0954. The molecule has 0 saturated carbocycles. The minimum atomic E-state index is -0.282. The zero-order valence-corrected chi connectivity index (χ0v) is 12.7. The Morgan fingerprint density at radius 2 is 2.00 bits per heavy atom. The Morgan fingerprint density at radius 3 is 2.64 bits per heavy atom. The summed E-state index contributed by atoms with van der Waals surface area (Å²) in [5.41, 5.74) is 4.65. The highest BCUT2D eigenvalue weighted by atomic mass is 16.5. The van der Waals surface area contributed by atoms with Crippen LogP contribution in [0.5, 0.6) is 5.75 Å². The van der Waals surface area contributed by atoms with Crippen molar-refractivity contribution in [3.05, 3.63) is 59.9 Å². The van der Waals surface area contributed by atoms with Gasteiger partial charge in [-0.3, -0.25) is 9.78 Å². The monoisotopic (exact) mass is 297 g/mol. The molecular formula is C17H19N3O2. The molecule has 5 heteroatoms. The third-order valence-electron chi connectivity index (χ3n) is 2.99. The molecule has 0 radical (unpaired) electrons. The molecule has 0 spiro atoms. The Hall–Kier alpha value is -2.69. The fraction of sp³-hybridized carbons (Fsp3) is 0.235. The maximum Gasteiger partial charge on any atom is 0.272 e. The van der Waals surface area contributed by atoms with E-state index in [1.54, 1.807) is 18.3 Å². The first-order valence-corrected chi connectivity index (χ1v) is 7.18. The molecule has 2 rings (SSSR count). The second-order valence-corrected chi connectivity index (χ2v) is 4.75. The van der Waals surface area contributed by atoms with Crippen LogP contribution in [0.25, 0.3) is 0 Å². The number of pyridine rings is 1. The lowest BCUT2D eigenvalue weighted by Crippen LogP contribution is -2.19. The van der Waals surface area contributed by atoms with Crippen molar-refractivity contribution in [3.63, 3.8) is 0 Å². The highest BCUT2D eigenvalue weighted by Crippen LogP contribution is 2.13. The fourth-order valence-corrected chi connectivity index (χ4v) is 1.77. The normalized spacial score (nSPS) is 11.1. The minimum Gasteiger partial charge on any atom is -0.494 e. The molecule has 2 aromatic rings. The standard InChI is InChI=1S/C17H19N3O2/c1-3-11-22-16-8-6-14(7-9-16)13(2)19-20-17(21)15-5-4-10-18-12-15/h4-10,12H,3,11H2,1-2H3,(H,20,21)/b19-13+. The topological polar surface area (TPSA) is 63.6 Å². The molecule has 1 heterocycles. The number of carbonyl (C=O) groups excluding carboxylic acids is 1. The van der Waals surface area contributed by atoms with Gasteiger partial charge in [-0.05, 0) is 55.3 Å². The molecule has 0 saturated heterocycles. The van der Waals surface area contributed by atoms with E-state index in [0.29, 0.717) is 12.2 Å². The smallest absolute Gasteiger partial charge is 0.272 e. The molecule has 0 fully saturated rings. The van der Waals surface area contributed by atoms with Crippen LogP contribution in [0.1, 0.15) is 36.2 Å². The van der Waals surface area contributed by atoms with Gasteiger partial charge in [-0.25, -0.2) is 5.43 Å². The van der Waals surface area contributed by atoms with Crippen LogP contribution in [0, 0.1) is 0 Å². The van der Waals surface area contributed by atoms with E-state index < -0.39 is 0 Å². The second-order valence-electron chi connectivity index (χ2n) is 4.75. The molecule has 0 unspecified atom stereocenters. The Bertz CT molecular complexity index is 637. The molecule has 1 aromatic heterocycles. The average molecular weight is 297 g/mol. The summed E-state index contributed by atoms with van der Waals surface area (Å²) >= 11 is 0. The molecule has 1 aromatic carbocycles. The Kier molecular flexibility index (Phi) is 5.65. The predicted octanol–water partition coefficient (Wildman–Crippen LogP) is 3.02. The van der Waals surface area contributed by atoms with E-state index >= 15 is 0 Å². The molecule has 1 N–H and O–H groups in total. The van der Waals surface area contributed by atoms with Gasteiger partial charge in [0.15, 0.2) is 0 Å². The van der Waals surface area contributed by atoms with Crippen molar-refractivity contribution in [2.45, 2.75) is 20.3 Å². The molecule has 0 bridgehead atoms. The van der Waals surface area contributed by atoms with E-state index in [9.17, 15) is 4.79 Å². The fourth-order valence-electron chi connectivity index (χ4n) is 1.77. The number of rotatable bonds is 6. The molecular weight excluding hydrogens is 278 g/mol. The third kappa shape index (κ3) is 4.41. The number of ether oxygens (including phenoxy) is 1. The average Bonchev–Trinajstić information content (AvgIpc) is 2.58. The number of benzene rings is 1. The van der Waals surface area contributed by atoms with E-state index in [2.05, 4.69) is 22.4 Å². The van der Waals surface area contributed by atoms with Crippen molar-refractivity contribution in [1.82, 2.24) is 10.4 Å². The number of aromatic nitrogens is 1. The molecule has 22 heavy (non-hydrogen) atoms. The Labute approximate surface area is 130 Å². The van der Waals surface area contributed by atoms with E-state index in [0.717, 1.165) is 23.4 Å². The molecule has 0 aliphatic rings. The number of hydrazone groups is 1. The van der Waals surface area contributed by atoms with Gasteiger partial charge >= 0.3 is 0 Å². The summed E-state index contributed by atoms with van der Waals surface area (Å²) in [4.78, 5) is 15.8. The van der Waals surface area contributed by atoms with Crippen LogP contribution in [0.15, 0.2) is 53.9 Å². The van der Waals surface area contributed by atoms with Gasteiger partial charge in [0, 0.05) is 12.4 Å². The zero-order chi connectivity index (χ0) is 15.8. The van der Waals surface area contributed by atoms with Crippen molar-refractivity contribution in [2.24, 2.45) is 5.10 Å². The number of hydrogen-bond donors (Lipinski definition) is 1. The number of nitrogens with one attached hydrogen (secondary N) is 1. The lowest BCUT2D eigenvalue weighted by Gasteiger charge is -2.06. The van der Waals surface area contributed by atoms with Crippen LogP contribution in [-0.2, 0) is 0 Å². The Balaban J connectivity index is 1.98. The number of nitrogens with zero attached hydrogens (tertiary/aromatic N) is 2. The van der Waals surface area contributed by atoms with Gasteiger partial charge in [0.25, 0.3) is 5.91 Å². The van der Waals surface area contributed by atoms with E-state index in [1.807, 2.05) is 31.2 Å². The molecule has 5 nitrogen and oxygen atoms in total. The van der Waals surface area contributed by atoms with Crippen molar-refractivity contribution in [2.75, 3.05) is 6.61 Å². The number of carbonyl (C=O) groups is 1. The largest absolute Gasteiger partial charge is 0.494 e. The third-order valence-corrected chi connectivity index (χ3v) is 2.99. The first kappa shape index (κ1) is 15.7. The van der Waals surface area contributed by atoms with Gasteiger partial charge in [0.2, 0.25) is 0 Å². The van der Waals surface area contributed by atoms with Crippen LogP contribution in [0.4, 0.5) is 0 Å². The molecule has 0 aliphatic heterocycles. The van der Waals surface area contributed by atoms with Gasteiger partial charge in [0.05, 0.1) is 17.9 Å². The van der Waals surface area contributed by atoms with Crippen molar-refractivity contribution in [3.8, 4) is 5.75 Å². The predicted molar refractivity (Wildman–Crippen MR) is 86.1 cm³/mol. The zero-order valence-electron chi connectivity index (χ0n) is 12.7. The maximum absolute atomic E-state index is 11.9. The summed E-state index contributed by atoms with van der Waals surface area (Å²) in [6.45, 7) is 4.61. The lowest BCUT2D eigenvalue weighted by atomic mass is 10.1. The van der Waals surface area contributed by atoms with E-state index in [-0.39, 0.29) is 5.91 Å². The van der Waals surface area contributed by atoms with Gasteiger partial charge in [-0.2, -0.15) is 5.10 Å². The quantitative estimate of drug-likeness (QED) is 0.658. The summed E-state index contributed by atoms with van der Waals surface area (Å²) in [5.74, 6) is 0.549. The first-order valence-electron chi connectivity index (χ1n) is 7.18. The van der Waals surface area contributed by atoms with Crippen molar-refractivity contribution < 1.29 is 9.53 Å². The van der Waals surface area contributed by atoms with Crippen LogP contribution >= 0.6 is 0 Å². The Morgan fingerprint density at radius 1 is 1.23 bits per heavy atom. The van der Waals surface area contributed by atoms with Gasteiger partial charge in [0.1, 0.15) is 5.75 Å². The minimum absolute atomic E-state index is 0.282. The van der Waals surface area contributed by atoms with Crippen LogP contribution < -0.4 is 10.2 Å². The summed E-state index contributed by atoms with van der Waals surface area (Å²) in [5, 5.41) is 4.11. The highest BCUT2D eigenvalue weighted by Gasteiger charge is 2.04. The van der Waals surface area contributed by atoms with Crippen LogP contribution in [0.2, 0.25) is 0 Å². The number of hydrogen-bond acceptors (Lipinski definition) is 4. The first-order chi connectivity index (χ1) is 10.7. The summed E-state index contributed by atoms with van der Waals surface area (Å²) in [6.07, 6.45) is 4.09. The van der Waals surface area contributed by atoms with Gasteiger partial charge in [-0.15, -0.1) is 0 Å². The summed E-state index contributed by atoms with van der Waals surface area (Å²) in [6, 6.07) is 11.0. The van der Waals surface area contributed by atoms with Crippen molar-refractivity contribution >= 4 is 11.6 Å². The summed E-state index contributed by atoms with van der Waals surface area (Å²) < 4.78 is 5.53. The molecule has 114 valence electrons.